The standard InChI is InChI=1S/C9H17NO2/c1-4-5-7(2)9(12)10-6-8(3)11/h5,8,11H,4,6H2,1-3H3,(H,10,12)/b7-5-/t8-/m0/s1. The van der Waals surface area contributed by atoms with E-state index in [1.165, 1.54) is 0 Å². The molecule has 0 aromatic heterocycles. The van der Waals surface area contributed by atoms with E-state index >= 15 is 0 Å². The number of aliphatic hydroxyl groups excluding tert-OH is 1. The second-order valence-corrected chi connectivity index (χ2v) is 2.85. The zero-order valence-electron chi connectivity index (χ0n) is 7.92. The summed E-state index contributed by atoms with van der Waals surface area (Å²) in [5, 5.41) is 11.5. The van der Waals surface area contributed by atoms with Gasteiger partial charge in [-0.25, -0.2) is 0 Å². The molecule has 3 nitrogen and oxygen atoms in total. The summed E-state index contributed by atoms with van der Waals surface area (Å²) < 4.78 is 0. The van der Waals surface area contributed by atoms with Gasteiger partial charge in [-0.15, -0.1) is 0 Å². The van der Waals surface area contributed by atoms with Gasteiger partial charge < -0.3 is 10.4 Å². The summed E-state index contributed by atoms with van der Waals surface area (Å²) in [6.45, 7) is 5.69. The maximum Gasteiger partial charge on any atom is 0.246 e. The van der Waals surface area contributed by atoms with E-state index in [1.807, 2.05) is 13.0 Å². The molecule has 0 aliphatic carbocycles. The van der Waals surface area contributed by atoms with E-state index < -0.39 is 6.10 Å². The van der Waals surface area contributed by atoms with Gasteiger partial charge >= 0.3 is 0 Å². The Morgan fingerprint density at radius 1 is 1.67 bits per heavy atom. The van der Waals surface area contributed by atoms with Gasteiger partial charge in [0, 0.05) is 12.1 Å². The Hall–Kier alpha value is -0.830. The van der Waals surface area contributed by atoms with Crippen LogP contribution in [0.3, 0.4) is 0 Å². The number of hydrogen-bond acceptors (Lipinski definition) is 2. The van der Waals surface area contributed by atoms with Crippen LogP contribution < -0.4 is 5.32 Å². The van der Waals surface area contributed by atoms with E-state index in [0.29, 0.717) is 12.1 Å². The third-order valence-electron chi connectivity index (χ3n) is 1.43. The highest BCUT2D eigenvalue weighted by Crippen LogP contribution is 1.94. The van der Waals surface area contributed by atoms with Gasteiger partial charge in [-0.05, 0) is 20.3 Å². The third kappa shape index (κ3) is 4.91. The summed E-state index contributed by atoms with van der Waals surface area (Å²) in [5.74, 6) is -0.0993. The van der Waals surface area contributed by atoms with Crippen LogP contribution in [0.4, 0.5) is 0 Å². The van der Waals surface area contributed by atoms with Gasteiger partial charge in [-0.2, -0.15) is 0 Å². The smallest absolute Gasteiger partial charge is 0.246 e. The van der Waals surface area contributed by atoms with Crippen LogP contribution in [0.25, 0.3) is 0 Å². The topological polar surface area (TPSA) is 49.3 Å². The second-order valence-electron chi connectivity index (χ2n) is 2.85. The van der Waals surface area contributed by atoms with E-state index in [9.17, 15) is 4.79 Å². The minimum atomic E-state index is -0.483. The first-order valence-corrected chi connectivity index (χ1v) is 4.21. The molecule has 12 heavy (non-hydrogen) atoms. The summed E-state index contributed by atoms with van der Waals surface area (Å²) in [4.78, 5) is 11.1. The molecular formula is C9H17NO2. The van der Waals surface area contributed by atoms with Crippen molar-refractivity contribution in [3.63, 3.8) is 0 Å². The first-order chi connectivity index (χ1) is 5.57. The van der Waals surface area contributed by atoms with E-state index in [4.69, 9.17) is 5.11 Å². The van der Waals surface area contributed by atoms with Crippen molar-refractivity contribution in [1.29, 1.82) is 0 Å². The van der Waals surface area contributed by atoms with Gasteiger partial charge in [0.15, 0.2) is 0 Å². The molecule has 2 N–H and O–H groups in total. The lowest BCUT2D eigenvalue weighted by atomic mass is 10.2. The Morgan fingerprint density at radius 3 is 2.67 bits per heavy atom. The lowest BCUT2D eigenvalue weighted by molar-refractivity contribution is -0.117. The lowest BCUT2D eigenvalue weighted by Crippen LogP contribution is -2.30. The largest absolute Gasteiger partial charge is 0.392 e. The maximum absolute atomic E-state index is 11.1. The summed E-state index contributed by atoms with van der Waals surface area (Å²) in [6, 6.07) is 0. The van der Waals surface area contributed by atoms with Gasteiger partial charge in [-0.1, -0.05) is 13.0 Å². The third-order valence-corrected chi connectivity index (χ3v) is 1.43. The Morgan fingerprint density at radius 2 is 2.25 bits per heavy atom. The molecule has 0 bridgehead atoms. The van der Waals surface area contributed by atoms with Crippen molar-refractivity contribution in [2.75, 3.05) is 6.54 Å². The Bertz CT molecular complexity index is 173. The highest BCUT2D eigenvalue weighted by atomic mass is 16.3. The fourth-order valence-corrected chi connectivity index (χ4v) is 0.779. The van der Waals surface area contributed by atoms with Gasteiger partial charge in [0.05, 0.1) is 6.10 Å². The average molecular weight is 171 g/mol. The van der Waals surface area contributed by atoms with Crippen molar-refractivity contribution in [2.24, 2.45) is 0 Å². The number of hydrogen-bond donors (Lipinski definition) is 2. The van der Waals surface area contributed by atoms with Crippen LogP contribution in [0.2, 0.25) is 0 Å². The molecule has 0 fully saturated rings. The molecule has 0 spiro atoms. The van der Waals surface area contributed by atoms with Crippen molar-refractivity contribution in [1.82, 2.24) is 5.32 Å². The van der Waals surface area contributed by atoms with Gasteiger partial charge in [0.25, 0.3) is 0 Å². The molecular weight excluding hydrogens is 154 g/mol. The predicted molar refractivity (Wildman–Crippen MR) is 48.7 cm³/mol. The number of allylic oxidation sites excluding steroid dienone is 1. The van der Waals surface area contributed by atoms with E-state index in [2.05, 4.69) is 5.32 Å². The molecule has 0 aliphatic heterocycles. The molecule has 0 unspecified atom stereocenters. The second kappa shape index (κ2) is 5.77. The van der Waals surface area contributed by atoms with Crippen molar-refractivity contribution in [2.45, 2.75) is 33.3 Å². The number of nitrogens with one attached hydrogen (secondary N) is 1. The normalized spacial score (nSPS) is 14.2. The molecule has 0 aliphatic rings. The van der Waals surface area contributed by atoms with Crippen molar-refractivity contribution < 1.29 is 9.90 Å². The zero-order valence-corrected chi connectivity index (χ0v) is 7.92. The molecule has 3 heteroatoms. The SMILES string of the molecule is CC/C=C(/C)C(=O)NC[C@H](C)O. The molecule has 0 rings (SSSR count). The molecule has 0 saturated carbocycles. The first kappa shape index (κ1) is 11.2. The van der Waals surface area contributed by atoms with Crippen LogP contribution in [0.5, 0.6) is 0 Å². The fourth-order valence-electron chi connectivity index (χ4n) is 0.779. The van der Waals surface area contributed by atoms with Gasteiger partial charge in [0.1, 0.15) is 0 Å². The molecule has 1 amide bonds. The highest BCUT2D eigenvalue weighted by Gasteiger charge is 2.03. The molecule has 1 atom stereocenters. The van der Waals surface area contributed by atoms with E-state index in [1.54, 1.807) is 13.8 Å². The summed E-state index contributed by atoms with van der Waals surface area (Å²) in [5.41, 5.74) is 0.707. The summed E-state index contributed by atoms with van der Waals surface area (Å²) >= 11 is 0. The van der Waals surface area contributed by atoms with Crippen molar-refractivity contribution in [3.8, 4) is 0 Å². The zero-order chi connectivity index (χ0) is 9.56. The average Bonchev–Trinajstić information content (AvgIpc) is 2.00. The van der Waals surface area contributed by atoms with Crippen molar-refractivity contribution in [3.05, 3.63) is 11.6 Å². The number of carbonyl (C=O) groups is 1. The number of carbonyl (C=O) groups excluding carboxylic acids is 1. The van der Waals surface area contributed by atoms with E-state index in [-0.39, 0.29) is 5.91 Å². The quantitative estimate of drug-likeness (QED) is 0.616. The minimum absolute atomic E-state index is 0.0993. The number of amides is 1. The molecule has 70 valence electrons. The van der Waals surface area contributed by atoms with Crippen LogP contribution in [0, 0.1) is 0 Å². The van der Waals surface area contributed by atoms with Crippen molar-refractivity contribution >= 4 is 5.91 Å². The van der Waals surface area contributed by atoms with Crippen LogP contribution in [-0.4, -0.2) is 23.7 Å². The Balaban J connectivity index is 3.80. The van der Waals surface area contributed by atoms with Crippen LogP contribution in [0.1, 0.15) is 27.2 Å². The van der Waals surface area contributed by atoms with E-state index in [0.717, 1.165) is 6.42 Å². The predicted octanol–water partition coefficient (Wildman–Crippen LogP) is 0.840. The van der Waals surface area contributed by atoms with Crippen LogP contribution in [0.15, 0.2) is 11.6 Å². The number of rotatable bonds is 4. The van der Waals surface area contributed by atoms with Gasteiger partial charge in [0.2, 0.25) is 5.91 Å². The molecule has 0 radical (unpaired) electrons. The van der Waals surface area contributed by atoms with Gasteiger partial charge in [-0.3, -0.25) is 4.79 Å². The monoisotopic (exact) mass is 171 g/mol. The summed E-state index contributed by atoms with van der Waals surface area (Å²) in [6.07, 6.45) is 2.23. The molecule has 0 saturated heterocycles. The minimum Gasteiger partial charge on any atom is -0.392 e. The molecule has 0 aromatic rings. The lowest BCUT2D eigenvalue weighted by Gasteiger charge is -2.06. The fraction of sp³-hybridized carbons (Fsp3) is 0.667. The van der Waals surface area contributed by atoms with Crippen LogP contribution in [-0.2, 0) is 4.79 Å². The first-order valence-electron chi connectivity index (χ1n) is 4.21. The molecule has 0 aromatic carbocycles. The summed E-state index contributed by atoms with van der Waals surface area (Å²) in [7, 11) is 0. The Kier molecular flexibility index (Phi) is 5.37. The molecule has 0 heterocycles. The van der Waals surface area contributed by atoms with Crippen LogP contribution >= 0.6 is 0 Å². The highest BCUT2D eigenvalue weighted by molar-refractivity contribution is 5.92. The number of aliphatic hydroxyl groups is 1. The Labute approximate surface area is 73.5 Å². The maximum atomic E-state index is 11.1.